The summed E-state index contributed by atoms with van der Waals surface area (Å²) in [7, 11) is 0. The number of thiophene rings is 2. The highest BCUT2D eigenvalue weighted by molar-refractivity contribution is 7.27. The molecule has 8 aromatic carbocycles. The van der Waals surface area contributed by atoms with Gasteiger partial charge in [-0.3, -0.25) is 0 Å². The first-order valence-electron chi connectivity index (χ1n) is 24.2. The number of benzene rings is 8. The molecule has 7 heteroatoms. The van der Waals surface area contributed by atoms with Gasteiger partial charge in [-0.25, -0.2) is 4.98 Å². The molecule has 4 nitrogen and oxygen atoms in total. The molecule has 0 fully saturated rings. The molecular weight excluding hydrogens is 866 g/mol. The lowest BCUT2D eigenvalue weighted by atomic mass is 9.43. The van der Waals surface area contributed by atoms with Gasteiger partial charge in [-0.2, -0.15) is 0 Å². The fourth-order valence-electron chi connectivity index (χ4n) is 12.6. The molecule has 2 aliphatic heterocycles. The highest BCUT2D eigenvalue weighted by Crippen LogP contribution is 2.56. The van der Waals surface area contributed by atoms with Crippen LogP contribution < -0.4 is 15.7 Å². The molecule has 0 saturated heterocycles. The summed E-state index contributed by atoms with van der Waals surface area (Å²) >= 11 is 3.87. The van der Waals surface area contributed by atoms with Gasteiger partial charge in [0.1, 0.15) is 5.52 Å². The lowest BCUT2D eigenvalue weighted by Crippen LogP contribution is -2.60. The Labute approximate surface area is 403 Å². The van der Waals surface area contributed by atoms with Gasteiger partial charge in [0.2, 0.25) is 5.89 Å². The summed E-state index contributed by atoms with van der Waals surface area (Å²) in [6, 6.07) is 52.9. The van der Waals surface area contributed by atoms with Gasteiger partial charge < -0.3 is 13.8 Å². The summed E-state index contributed by atoms with van der Waals surface area (Å²) < 4.78 is 14.8. The predicted molar refractivity (Wildman–Crippen MR) is 293 cm³/mol. The normalized spacial score (nSPS) is 15.9. The van der Waals surface area contributed by atoms with Crippen LogP contribution in [0.3, 0.4) is 0 Å². The summed E-state index contributed by atoms with van der Waals surface area (Å²) in [4.78, 5) is 7.97. The average molecular weight is 914 g/mol. The lowest BCUT2D eigenvalue weighted by Gasteiger charge is -2.42. The molecule has 0 saturated carbocycles. The van der Waals surface area contributed by atoms with Crippen molar-refractivity contribution in [3.63, 3.8) is 0 Å². The fraction of sp³-hybridized carbons (Fsp3) is 0.197. The van der Waals surface area contributed by atoms with Gasteiger partial charge in [0.25, 0.3) is 0 Å². The van der Waals surface area contributed by atoms with Gasteiger partial charge in [-0.15, -0.1) is 22.7 Å². The maximum atomic E-state index is 6.82. The second-order valence-corrected chi connectivity index (χ2v) is 24.3. The summed E-state index contributed by atoms with van der Waals surface area (Å²) in [5.74, 6) is 0.643. The number of hydrogen-bond acceptors (Lipinski definition) is 5. The first-order valence-corrected chi connectivity index (χ1v) is 25.8. The molecule has 12 aromatic rings. The molecule has 0 radical (unpaired) electrons. The second-order valence-electron chi connectivity index (χ2n) is 22.1. The van der Waals surface area contributed by atoms with Crippen molar-refractivity contribution in [3.05, 3.63) is 156 Å². The molecule has 0 N–H and O–H groups in total. The molecule has 6 heterocycles. The minimum Gasteiger partial charge on any atom is -0.436 e. The Morgan fingerprint density at radius 1 is 0.632 bits per heavy atom. The van der Waals surface area contributed by atoms with Gasteiger partial charge in [-0.05, 0) is 129 Å². The Balaban J connectivity index is 1.18. The molecule has 15 rings (SSSR count). The highest BCUT2D eigenvalue weighted by Gasteiger charge is 2.47. The zero-order valence-corrected chi connectivity index (χ0v) is 41.0. The standard InChI is InChI=1S/C61H48BN3OS2/c1-59(2,3)34-21-23-35(24-22-34)65-46-32-51-38(36-17-11-13-19-49(36)67-51)27-39(46)52-53-37-18-12-14-20-50(37)68-57(53)54-40-28-41-42(61(6,7)26-25-60(41,4)5)29-45(40)64-47-31-48-44(30-43(47)62(65)55(52)56(54)64)63-58(66-48)33-15-9-8-10-16-33/h8-24,27-32H,25-26H2,1-7H3. The van der Waals surface area contributed by atoms with Crippen LogP contribution >= 0.6 is 22.7 Å². The van der Waals surface area contributed by atoms with Crippen molar-refractivity contribution in [1.29, 1.82) is 0 Å². The van der Waals surface area contributed by atoms with Crippen molar-refractivity contribution in [2.75, 3.05) is 4.81 Å². The van der Waals surface area contributed by atoms with E-state index < -0.39 is 0 Å². The third-order valence-corrected chi connectivity index (χ3v) is 18.5. The van der Waals surface area contributed by atoms with E-state index in [9.17, 15) is 0 Å². The van der Waals surface area contributed by atoms with Crippen LogP contribution in [0.1, 0.15) is 78.0 Å². The molecule has 0 atom stereocenters. The van der Waals surface area contributed by atoms with E-state index in [4.69, 9.17) is 9.40 Å². The third kappa shape index (κ3) is 5.13. The number of oxazole rings is 1. The summed E-state index contributed by atoms with van der Waals surface area (Å²) in [5.41, 5.74) is 18.4. The Kier molecular flexibility index (Phi) is 7.58. The van der Waals surface area contributed by atoms with E-state index in [1.807, 2.05) is 28.7 Å². The first-order chi connectivity index (χ1) is 32.8. The van der Waals surface area contributed by atoms with Crippen molar-refractivity contribution in [1.82, 2.24) is 9.55 Å². The minimum absolute atomic E-state index is 0.0155. The molecule has 0 amide bonds. The van der Waals surface area contributed by atoms with Crippen LogP contribution in [0.4, 0.5) is 11.4 Å². The van der Waals surface area contributed by atoms with Crippen LogP contribution in [0.15, 0.2) is 144 Å². The zero-order chi connectivity index (χ0) is 45.7. The number of nitrogens with zero attached hydrogens (tertiary/aromatic N) is 3. The quantitative estimate of drug-likeness (QED) is 0.162. The van der Waals surface area contributed by atoms with Crippen molar-refractivity contribution in [2.45, 2.75) is 77.6 Å². The smallest absolute Gasteiger partial charge is 0.333 e. The van der Waals surface area contributed by atoms with Gasteiger partial charge in [0.15, 0.2) is 5.58 Å². The fourth-order valence-corrected chi connectivity index (χ4v) is 15.0. The molecule has 4 aromatic heterocycles. The molecule has 3 aliphatic rings. The lowest BCUT2D eigenvalue weighted by molar-refractivity contribution is 0.332. The van der Waals surface area contributed by atoms with Gasteiger partial charge in [-0.1, -0.05) is 115 Å². The van der Waals surface area contributed by atoms with E-state index in [1.54, 1.807) is 0 Å². The Bertz CT molecular complexity index is 4200. The molecule has 0 spiro atoms. The molecule has 0 bridgehead atoms. The summed E-state index contributed by atoms with van der Waals surface area (Å²) in [6.45, 7) is 16.6. The van der Waals surface area contributed by atoms with Gasteiger partial charge in [0.05, 0.1) is 11.0 Å². The molecule has 328 valence electrons. The Hall–Kier alpha value is -6.67. The summed E-state index contributed by atoms with van der Waals surface area (Å²) in [5, 5.41) is 8.03. The Morgan fingerprint density at radius 2 is 1.32 bits per heavy atom. The van der Waals surface area contributed by atoms with E-state index in [0.717, 1.165) is 35.2 Å². The van der Waals surface area contributed by atoms with Crippen LogP contribution in [0.2, 0.25) is 0 Å². The van der Waals surface area contributed by atoms with E-state index in [1.165, 1.54) is 112 Å². The van der Waals surface area contributed by atoms with Crippen LogP contribution in [0, 0.1) is 0 Å². The Morgan fingerprint density at radius 3 is 2.07 bits per heavy atom. The zero-order valence-electron chi connectivity index (χ0n) is 39.3. The number of hydrogen-bond donors (Lipinski definition) is 0. The number of aromatic nitrogens is 2. The van der Waals surface area contributed by atoms with Gasteiger partial charge >= 0.3 is 6.85 Å². The number of fused-ring (bicyclic) bond motifs is 18. The maximum absolute atomic E-state index is 6.82. The van der Waals surface area contributed by atoms with Crippen LogP contribution in [0.5, 0.6) is 0 Å². The average Bonchev–Trinajstić information content (AvgIpc) is 4.11. The van der Waals surface area contributed by atoms with Crippen LogP contribution in [0.25, 0.3) is 102 Å². The third-order valence-electron chi connectivity index (χ3n) is 16.2. The van der Waals surface area contributed by atoms with Crippen molar-refractivity contribution < 1.29 is 4.42 Å². The van der Waals surface area contributed by atoms with Crippen molar-refractivity contribution >= 4 is 125 Å². The minimum atomic E-state index is -0.175. The highest BCUT2D eigenvalue weighted by atomic mass is 32.1. The largest absolute Gasteiger partial charge is 0.436 e. The topological polar surface area (TPSA) is 34.2 Å². The van der Waals surface area contributed by atoms with Gasteiger partial charge in [0, 0.05) is 85.4 Å². The molecule has 0 unspecified atom stereocenters. The summed E-state index contributed by atoms with van der Waals surface area (Å²) in [6.07, 6.45) is 2.31. The number of rotatable bonds is 2. The van der Waals surface area contributed by atoms with Crippen molar-refractivity contribution in [2.24, 2.45) is 0 Å². The first kappa shape index (κ1) is 39.3. The van der Waals surface area contributed by atoms with E-state index in [2.05, 4.69) is 191 Å². The van der Waals surface area contributed by atoms with Crippen molar-refractivity contribution in [3.8, 4) is 28.3 Å². The number of anilines is 2. The molecular formula is C61H48BN3OS2. The molecule has 68 heavy (non-hydrogen) atoms. The maximum Gasteiger partial charge on any atom is 0.333 e. The molecule has 1 aliphatic carbocycles. The second kappa shape index (κ2) is 13.1. The monoisotopic (exact) mass is 913 g/mol. The van der Waals surface area contributed by atoms with E-state index in [-0.39, 0.29) is 23.1 Å². The SMILES string of the molecule is CC(C)(C)c1ccc(N2B3c4cc5nc(-c6ccccc6)oc5cc4-n4c5cc6c(cc5c5c7sc8ccccc8c7c(c3c54)-c3cc4c(cc32)sc2ccccc24)C(C)(C)CCC6(C)C)cc1. The van der Waals surface area contributed by atoms with E-state index >= 15 is 0 Å². The van der Waals surface area contributed by atoms with E-state index in [0.29, 0.717) is 5.89 Å². The van der Waals surface area contributed by atoms with Crippen LogP contribution in [-0.2, 0) is 16.2 Å². The predicted octanol–water partition coefficient (Wildman–Crippen LogP) is 16.2. The van der Waals surface area contributed by atoms with Crippen LogP contribution in [-0.4, -0.2) is 16.4 Å².